The van der Waals surface area contributed by atoms with E-state index < -0.39 is 15.4 Å². The summed E-state index contributed by atoms with van der Waals surface area (Å²) >= 11 is 0. The summed E-state index contributed by atoms with van der Waals surface area (Å²) in [6.45, 7) is 5.65. The normalized spacial score (nSPS) is 13.0. The third-order valence-corrected chi connectivity index (χ3v) is 5.63. The van der Waals surface area contributed by atoms with Gasteiger partial charge in [-0.25, -0.2) is 8.42 Å². The summed E-state index contributed by atoms with van der Waals surface area (Å²) in [6, 6.07) is 0. The lowest BCUT2D eigenvalue weighted by Crippen LogP contribution is -2.50. The molecule has 0 heterocycles. The Balaban J connectivity index is 4.56. The van der Waals surface area contributed by atoms with E-state index in [0.717, 1.165) is 12.8 Å². The number of hydrogen-bond donors (Lipinski definition) is 0. The fourth-order valence-electron chi connectivity index (χ4n) is 2.36. The van der Waals surface area contributed by atoms with Crippen LogP contribution in [0.3, 0.4) is 0 Å². The highest BCUT2D eigenvalue weighted by Gasteiger charge is 2.36. The number of ketones is 1. The van der Waals surface area contributed by atoms with Gasteiger partial charge in [0, 0.05) is 12.2 Å². The smallest absolute Gasteiger partial charge is 0.153 e. The molecule has 0 atom stereocenters. The van der Waals surface area contributed by atoms with Crippen LogP contribution in [0.4, 0.5) is 0 Å². The second kappa shape index (κ2) is 7.24. The van der Waals surface area contributed by atoms with Gasteiger partial charge in [0.1, 0.15) is 9.84 Å². The Kier molecular flexibility index (Phi) is 7.07. The van der Waals surface area contributed by atoms with Gasteiger partial charge in [-0.3, -0.25) is 9.69 Å². The summed E-state index contributed by atoms with van der Waals surface area (Å²) in [6.07, 6.45) is 2.30. The summed E-state index contributed by atoms with van der Waals surface area (Å²) in [4.78, 5) is 14.3. The van der Waals surface area contributed by atoms with Crippen molar-refractivity contribution < 1.29 is 13.2 Å². The van der Waals surface area contributed by atoms with Gasteiger partial charge in [0.05, 0.1) is 11.3 Å². The van der Waals surface area contributed by atoms with Crippen LogP contribution in [0.25, 0.3) is 0 Å². The van der Waals surface area contributed by atoms with Crippen LogP contribution < -0.4 is 0 Å². The highest BCUT2D eigenvalue weighted by Crippen LogP contribution is 2.24. The number of carbonyl (C=O) groups is 1. The van der Waals surface area contributed by atoms with Crippen molar-refractivity contribution in [2.24, 2.45) is 0 Å². The van der Waals surface area contributed by atoms with E-state index in [4.69, 9.17) is 0 Å². The Morgan fingerprint density at radius 2 is 1.61 bits per heavy atom. The van der Waals surface area contributed by atoms with Gasteiger partial charge in [0.25, 0.3) is 0 Å². The predicted octanol–water partition coefficient (Wildman–Crippen LogP) is 1.89. The molecular formula is C13H27NO3S. The molecule has 5 heteroatoms. The van der Waals surface area contributed by atoms with Gasteiger partial charge in [0.15, 0.2) is 5.78 Å². The highest BCUT2D eigenvalue weighted by atomic mass is 32.2. The minimum absolute atomic E-state index is 0.117. The molecule has 108 valence electrons. The van der Waals surface area contributed by atoms with Crippen LogP contribution in [-0.2, 0) is 14.6 Å². The van der Waals surface area contributed by atoms with Gasteiger partial charge in [-0.15, -0.1) is 0 Å². The van der Waals surface area contributed by atoms with Crippen molar-refractivity contribution in [3.05, 3.63) is 0 Å². The lowest BCUT2D eigenvalue weighted by molar-refractivity contribution is -0.130. The minimum atomic E-state index is -2.96. The molecule has 0 amide bonds. The maximum Gasteiger partial charge on any atom is 0.153 e. The second-order valence-electron chi connectivity index (χ2n) is 4.90. The molecule has 0 bridgehead atoms. The molecule has 18 heavy (non-hydrogen) atoms. The molecule has 0 aliphatic rings. The Labute approximate surface area is 112 Å². The monoisotopic (exact) mass is 277 g/mol. The number of carbonyl (C=O) groups excluding carboxylic acids is 1. The maximum atomic E-state index is 12.3. The predicted molar refractivity (Wildman–Crippen MR) is 75.6 cm³/mol. The van der Waals surface area contributed by atoms with Gasteiger partial charge in [-0.05, 0) is 33.4 Å². The molecule has 0 unspecified atom stereocenters. The molecular weight excluding hydrogens is 250 g/mol. The lowest BCUT2D eigenvalue weighted by Gasteiger charge is -2.37. The van der Waals surface area contributed by atoms with Crippen molar-refractivity contribution in [1.29, 1.82) is 0 Å². The van der Waals surface area contributed by atoms with Crippen molar-refractivity contribution >= 4 is 15.6 Å². The highest BCUT2D eigenvalue weighted by molar-refractivity contribution is 7.91. The van der Waals surface area contributed by atoms with E-state index in [1.54, 1.807) is 6.92 Å². The first-order chi connectivity index (χ1) is 8.25. The molecule has 0 rings (SSSR count). The average Bonchev–Trinajstić information content (AvgIpc) is 2.30. The summed E-state index contributed by atoms with van der Waals surface area (Å²) in [5, 5.41) is 0. The Morgan fingerprint density at radius 1 is 1.11 bits per heavy atom. The van der Waals surface area contributed by atoms with Crippen molar-refractivity contribution in [3.63, 3.8) is 0 Å². The molecule has 0 saturated carbocycles. The van der Waals surface area contributed by atoms with E-state index in [9.17, 15) is 13.2 Å². The molecule has 4 nitrogen and oxygen atoms in total. The summed E-state index contributed by atoms with van der Waals surface area (Å²) < 4.78 is 22.8. The van der Waals surface area contributed by atoms with Crippen LogP contribution in [-0.4, -0.2) is 50.2 Å². The van der Waals surface area contributed by atoms with E-state index >= 15 is 0 Å². The summed E-state index contributed by atoms with van der Waals surface area (Å²) in [7, 11) is 0.861. The van der Waals surface area contributed by atoms with Gasteiger partial charge < -0.3 is 0 Å². The molecule has 0 aromatic carbocycles. The van der Waals surface area contributed by atoms with Crippen LogP contribution in [0.2, 0.25) is 0 Å². The van der Waals surface area contributed by atoms with E-state index in [1.165, 1.54) is 0 Å². The van der Waals surface area contributed by atoms with Crippen LogP contribution in [0.15, 0.2) is 0 Å². The third-order valence-electron chi connectivity index (χ3n) is 3.84. The van der Waals surface area contributed by atoms with E-state index in [2.05, 4.69) is 0 Å². The third kappa shape index (κ3) is 4.35. The maximum absolute atomic E-state index is 12.3. The zero-order valence-electron chi connectivity index (χ0n) is 12.3. The molecule has 0 spiro atoms. The average molecular weight is 277 g/mol. The fraction of sp³-hybridized carbons (Fsp3) is 0.923. The Morgan fingerprint density at radius 3 is 1.94 bits per heavy atom. The molecule has 0 N–H and O–H groups in total. The van der Waals surface area contributed by atoms with Gasteiger partial charge in [0.2, 0.25) is 0 Å². The Bertz CT molecular complexity index is 356. The van der Waals surface area contributed by atoms with Gasteiger partial charge in [-0.2, -0.15) is 0 Å². The first-order valence-corrected chi connectivity index (χ1v) is 8.49. The van der Waals surface area contributed by atoms with Crippen LogP contribution in [0, 0.1) is 0 Å². The molecule has 0 fully saturated rings. The van der Waals surface area contributed by atoms with Crippen LogP contribution in [0.5, 0.6) is 0 Å². The zero-order chi connectivity index (χ0) is 14.4. The van der Waals surface area contributed by atoms with Crippen LogP contribution >= 0.6 is 0 Å². The molecule has 0 aromatic heterocycles. The number of hydrogen-bond acceptors (Lipinski definition) is 4. The number of nitrogens with zero attached hydrogens (tertiary/aromatic N) is 1. The molecule has 0 aromatic rings. The van der Waals surface area contributed by atoms with E-state index in [-0.39, 0.29) is 17.3 Å². The number of likely N-dealkylation sites (N-methyl/N-ethyl adjacent to an activating group) is 1. The zero-order valence-corrected chi connectivity index (χ0v) is 13.1. The standard InChI is InChI=1S/C13H27NO3S/c1-6-13(7-2,14(4)5)12(15)10-9-11-18(16,17)8-3/h6-11H2,1-5H3. The molecule has 0 saturated heterocycles. The largest absolute Gasteiger partial charge is 0.298 e. The van der Waals surface area contributed by atoms with Crippen LogP contribution in [0.1, 0.15) is 46.5 Å². The topological polar surface area (TPSA) is 54.5 Å². The van der Waals surface area contributed by atoms with Gasteiger partial charge >= 0.3 is 0 Å². The van der Waals surface area contributed by atoms with Gasteiger partial charge in [-0.1, -0.05) is 20.8 Å². The number of sulfone groups is 1. The SMILES string of the molecule is CCC(CC)(C(=O)CCCS(=O)(=O)CC)N(C)C. The fourth-order valence-corrected chi connectivity index (χ4v) is 3.23. The quantitative estimate of drug-likeness (QED) is 0.646. The van der Waals surface area contributed by atoms with Crippen molar-refractivity contribution in [1.82, 2.24) is 4.90 Å². The first kappa shape index (κ1) is 17.6. The molecule has 0 aliphatic heterocycles. The second-order valence-corrected chi connectivity index (χ2v) is 7.37. The summed E-state index contributed by atoms with van der Waals surface area (Å²) in [5.41, 5.74) is -0.435. The van der Waals surface area contributed by atoms with Crippen molar-refractivity contribution in [2.45, 2.75) is 52.0 Å². The molecule has 0 radical (unpaired) electrons. The van der Waals surface area contributed by atoms with Crippen molar-refractivity contribution in [2.75, 3.05) is 25.6 Å². The number of Topliss-reactive ketones (excluding diaryl/α,β-unsaturated/α-hetero) is 1. The first-order valence-electron chi connectivity index (χ1n) is 6.66. The molecule has 0 aliphatic carbocycles. The lowest BCUT2D eigenvalue weighted by atomic mass is 9.84. The minimum Gasteiger partial charge on any atom is -0.298 e. The Hall–Kier alpha value is -0.420. The number of rotatable bonds is 9. The summed E-state index contributed by atoms with van der Waals surface area (Å²) in [5.74, 6) is 0.428. The van der Waals surface area contributed by atoms with E-state index in [0.29, 0.717) is 12.8 Å². The van der Waals surface area contributed by atoms with Crippen molar-refractivity contribution in [3.8, 4) is 0 Å². The van der Waals surface area contributed by atoms with E-state index in [1.807, 2.05) is 32.8 Å².